The number of benzene rings is 1. The Morgan fingerprint density at radius 3 is 2.64 bits per heavy atom. The van der Waals surface area contributed by atoms with Gasteiger partial charge in [0.25, 0.3) is 11.8 Å². The van der Waals surface area contributed by atoms with Gasteiger partial charge in [0.05, 0.1) is 7.11 Å². The van der Waals surface area contributed by atoms with E-state index in [2.05, 4.69) is 10.3 Å². The lowest BCUT2D eigenvalue weighted by molar-refractivity contribution is 0.0697. The van der Waals surface area contributed by atoms with E-state index >= 15 is 0 Å². The maximum absolute atomic E-state index is 12.6. The summed E-state index contributed by atoms with van der Waals surface area (Å²) >= 11 is 0. The van der Waals surface area contributed by atoms with Crippen LogP contribution in [0.3, 0.4) is 0 Å². The Morgan fingerprint density at radius 2 is 1.96 bits per heavy atom. The molecule has 1 aromatic heterocycles. The van der Waals surface area contributed by atoms with Gasteiger partial charge in [-0.05, 0) is 43.2 Å². The number of aromatic nitrogens is 1. The summed E-state index contributed by atoms with van der Waals surface area (Å²) in [7, 11) is 1.58. The Labute approximate surface area is 146 Å². The van der Waals surface area contributed by atoms with Crippen LogP contribution in [0.4, 0.5) is 0 Å². The van der Waals surface area contributed by atoms with E-state index in [1.54, 1.807) is 43.6 Å². The summed E-state index contributed by atoms with van der Waals surface area (Å²) in [5.74, 6) is 0.495. The van der Waals surface area contributed by atoms with Crippen molar-refractivity contribution >= 4 is 11.8 Å². The van der Waals surface area contributed by atoms with E-state index < -0.39 is 0 Å². The van der Waals surface area contributed by atoms with Crippen LogP contribution in [0.1, 0.15) is 33.7 Å². The number of hydrogen-bond donors (Lipinski definition) is 1. The lowest BCUT2D eigenvalue weighted by Crippen LogP contribution is -2.46. The van der Waals surface area contributed by atoms with Gasteiger partial charge in [-0.3, -0.25) is 14.6 Å². The zero-order valence-corrected chi connectivity index (χ0v) is 14.1. The van der Waals surface area contributed by atoms with Gasteiger partial charge in [0, 0.05) is 30.9 Å². The van der Waals surface area contributed by atoms with Crippen molar-refractivity contribution in [1.29, 1.82) is 0 Å². The van der Waals surface area contributed by atoms with Crippen LogP contribution in [0.2, 0.25) is 0 Å². The Bertz CT molecular complexity index is 741. The second-order valence-corrected chi connectivity index (χ2v) is 5.99. The molecular formula is C19H21N3O3. The maximum Gasteiger partial charge on any atom is 0.270 e. The molecule has 6 heteroatoms. The number of hydrogen-bond acceptors (Lipinski definition) is 4. The molecule has 1 fully saturated rings. The van der Waals surface area contributed by atoms with Crippen molar-refractivity contribution in [2.24, 2.45) is 0 Å². The molecule has 0 bridgehead atoms. The van der Waals surface area contributed by atoms with Crippen LogP contribution in [0.15, 0.2) is 48.7 Å². The summed E-state index contributed by atoms with van der Waals surface area (Å²) in [6.07, 6.45) is 3.06. The molecule has 0 spiro atoms. The molecular weight excluding hydrogens is 318 g/mol. The second-order valence-electron chi connectivity index (χ2n) is 5.99. The summed E-state index contributed by atoms with van der Waals surface area (Å²) in [5.41, 5.74) is 1.03. The van der Waals surface area contributed by atoms with Crippen molar-refractivity contribution in [2.75, 3.05) is 20.2 Å². The smallest absolute Gasteiger partial charge is 0.270 e. The SMILES string of the molecule is COc1cccc(C(=O)N2CCC(NC(=O)c3ccccn3)CC2)c1. The predicted molar refractivity (Wildman–Crippen MR) is 93.6 cm³/mol. The van der Waals surface area contributed by atoms with Crippen molar-refractivity contribution in [3.05, 3.63) is 59.9 Å². The molecule has 0 unspecified atom stereocenters. The first-order valence-corrected chi connectivity index (χ1v) is 8.32. The topological polar surface area (TPSA) is 71.5 Å². The number of methoxy groups -OCH3 is 1. The van der Waals surface area contributed by atoms with Crippen LogP contribution in [0, 0.1) is 0 Å². The summed E-state index contributed by atoms with van der Waals surface area (Å²) in [6, 6.07) is 12.5. The number of piperidine rings is 1. The quantitative estimate of drug-likeness (QED) is 0.926. The number of nitrogens with zero attached hydrogens (tertiary/aromatic N) is 2. The van der Waals surface area contributed by atoms with Crippen molar-refractivity contribution in [2.45, 2.75) is 18.9 Å². The number of likely N-dealkylation sites (tertiary alicyclic amines) is 1. The van der Waals surface area contributed by atoms with Crippen molar-refractivity contribution in [3.8, 4) is 5.75 Å². The van der Waals surface area contributed by atoms with Crippen molar-refractivity contribution < 1.29 is 14.3 Å². The van der Waals surface area contributed by atoms with E-state index in [0.717, 1.165) is 12.8 Å². The summed E-state index contributed by atoms with van der Waals surface area (Å²) in [6.45, 7) is 1.23. The number of nitrogens with one attached hydrogen (secondary N) is 1. The first-order chi connectivity index (χ1) is 12.2. The van der Waals surface area contributed by atoms with Crippen LogP contribution < -0.4 is 10.1 Å². The average Bonchev–Trinajstić information content (AvgIpc) is 2.68. The molecule has 2 aromatic rings. The Kier molecular flexibility index (Phi) is 5.28. The zero-order valence-electron chi connectivity index (χ0n) is 14.1. The highest BCUT2D eigenvalue weighted by atomic mass is 16.5. The fourth-order valence-electron chi connectivity index (χ4n) is 2.92. The average molecular weight is 339 g/mol. The number of rotatable bonds is 4. The third kappa shape index (κ3) is 4.15. The number of carbonyl (C=O) groups excluding carboxylic acids is 2. The minimum absolute atomic E-state index is 0.00611. The van der Waals surface area contributed by atoms with Gasteiger partial charge in [0.15, 0.2) is 0 Å². The standard InChI is InChI=1S/C19H21N3O3/c1-25-16-6-4-5-14(13-16)19(24)22-11-8-15(9-12-22)21-18(23)17-7-2-3-10-20-17/h2-7,10,13,15H,8-9,11-12H2,1H3,(H,21,23). The molecule has 1 aliphatic rings. The van der Waals surface area contributed by atoms with Crippen LogP contribution in [-0.2, 0) is 0 Å². The largest absolute Gasteiger partial charge is 0.497 e. The van der Waals surface area contributed by atoms with Gasteiger partial charge in [0.2, 0.25) is 0 Å². The van der Waals surface area contributed by atoms with Crippen LogP contribution in [0.25, 0.3) is 0 Å². The second kappa shape index (κ2) is 7.79. The molecule has 1 aliphatic heterocycles. The van der Waals surface area contributed by atoms with Crippen molar-refractivity contribution in [3.63, 3.8) is 0 Å². The molecule has 130 valence electrons. The minimum atomic E-state index is -0.168. The summed E-state index contributed by atoms with van der Waals surface area (Å²) in [4.78, 5) is 30.6. The van der Waals surface area contributed by atoms with Gasteiger partial charge < -0.3 is 15.0 Å². The number of carbonyl (C=O) groups is 2. The molecule has 0 saturated carbocycles. The predicted octanol–water partition coefficient (Wildman–Crippen LogP) is 2.12. The van der Waals surface area contributed by atoms with Crippen LogP contribution in [-0.4, -0.2) is 47.9 Å². The highest BCUT2D eigenvalue weighted by Gasteiger charge is 2.25. The fraction of sp³-hybridized carbons (Fsp3) is 0.316. The zero-order chi connectivity index (χ0) is 17.6. The highest BCUT2D eigenvalue weighted by molar-refractivity contribution is 5.95. The molecule has 25 heavy (non-hydrogen) atoms. The summed E-state index contributed by atoms with van der Waals surface area (Å²) < 4.78 is 5.17. The normalized spacial score (nSPS) is 14.8. The molecule has 0 atom stereocenters. The van der Waals surface area contributed by atoms with E-state index in [4.69, 9.17) is 4.74 Å². The molecule has 2 heterocycles. The Balaban J connectivity index is 1.54. The molecule has 1 aromatic carbocycles. The first kappa shape index (κ1) is 17.0. The summed E-state index contributed by atoms with van der Waals surface area (Å²) in [5, 5.41) is 2.99. The molecule has 6 nitrogen and oxygen atoms in total. The van der Waals surface area contributed by atoms with Gasteiger partial charge in [-0.25, -0.2) is 0 Å². The lowest BCUT2D eigenvalue weighted by Gasteiger charge is -2.32. The van der Waals surface area contributed by atoms with E-state index in [1.165, 1.54) is 0 Å². The molecule has 0 radical (unpaired) electrons. The number of ether oxygens (including phenoxy) is 1. The molecule has 2 amide bonds. The Morgan fingerprint density at radius 1 is 1.16 bits per heavy atom. The van der Waals surface area contributed by atoms with E-state index in [1.807, 2.05) is 17.0 Å². The molecule has 1 N–H and O–H groups in total. The Hall–Kier alpha value is -2.89. The van der Waals surface area contributed by atoms with Gasteiger partial charge in [-0.15, -0.1) is 0 Å². The minimum Gasteiger partial charge on any atom is -0.497 e. The molecule has 3 rings (SSSR count). The van der Waals surface area contributed by atoms with E-state index in [9.17, 15) is 9.59 Å². The van der Waals surface area contributed by atoms with Crippen molar-refractivity contribution in [1.82, 2.24) is 15.2 Å². The van der Waals surface area contributed by atoms with Gasteiger partial charge >= 0.3 is 0 Å². The maximum atomic E-state index is 12.6. The van der Waals surface area contributed by atoms with Gasteiger partial charge in [-0.2, -0.15) is 0 Å². The fourth-order valence-corrected chi connectivity index (χ4v) is 2.92. The van der Waals surface area contributed by atoms with Gasteiger partial charge in [-0.1, -0.05) is 12.1 Å². The monoisotopic (exact) mass is 339 g/mol. The third-order valence-electron chi connectivity index (χ3n) is 4.33. The first-order valence-electron chi connectivity index (χ1n) is 8.32. The molecule has 1 saturated heterocycles. The van der Waals surface area contributed by atoms with E-state index in [0.29, 0.717) is 30.1 Å². The van der Waals surface area contributed by atoms with Crippen LogP contribution in [0.5, 0.6) is 5.75 Å². The van der Waals surface area contributed by atoms with Gasteiger partial charge in [0.1, 0.15) is 11.4 Å². The molecule has 0 aliphatic carbocycles. The highest BCUT2D eigenvalue weighted by Crippen LogP contribution is 2.18. The van der Waals surface area contributed by atoms with Crippen LogP contribution >= 0.6 is 0 Å². The third-order valence-corrected chi connectivity index (χ3v) is 4.33. The number of pyridine rings is 1. The van der Waals surface area contributed by atoms with E-state index in [-0.39, 0.29) is 17.9 Å². The number of amides is 2. The lowest BCUT2D eigenvalue weighted by atomic mass is 10.0.